The molecule has 0 aliphatic heterocycles. The second-order valence-corrected chi connectivity index (χ2v) is 11.6. The number of carbonyl (C=O) groups excluding carboxylic acids is 2. The van der Waals surface area contributed by atoms with E-state index in [4.69, 9.17) is 23.2 Å². The number of anilines is 1. The van der Waals surface area contributed by atoms with Gasteiger partial charge in [0.1, 0.15) is 12.6 Å². The highest BCUT2D eigenvalue weighted by atomic mass is 35.5. The lowest BCUT2D eigenvalue weighted by Crippen LogP contribution is -2.51. The summed E-state index contributed by atoms with van der Waals surface area (Å²) in [5.41, 5.74) is 1.76. The summed E-state index contributed by atoms with van der Waals surface area (Å²) in [7, 11) is -4.14. The number of aryl methyl sites for hydroxylation is 1. The molecule has 3 aromatic carbocycles. The van der Waals surface area contributed by atoms with E-state index in [1.807, 2.05) is 6.92 Å². The summed E-state index contributed by atoms with van der Waals surface area (Å²) in [6.07, 6.45) is 0.737. The first-order valence-electron chi connectivity index (χ1n) is 12.2. The predicted molar refractivity (Wildman–Crippen MR) is 152 cm³/mol. The molecule has 38 heavy (non-hydrogen) atoms. The van der Waals surface area contributed by atoms with Crippen molar-refractivity contribution < 1.29 is 18.0 Å². The minimum Gasteiger partial charge on any atom is -0.354 e. The van der Waals surface area contributed by atoms with Crippen LogP contribution in [0.4, 0.5) is 5.69 Å². The van der Waals surface area contributed by atoms with E-state index in [9.17, 15) is 18.0 Å². The molecule has 0 aliphatic carbocycles. The molecule has 0 radical (unpaired) electrons. The zero-order valence-electron chi connectivity index (χ0n) is 21.5. The quantitative estimate of drug-likeness (QED) is 0.330. The van der Waals surface area contributed by atoms with Crippen LogP contribution in [0.3, 0.4) is 0 Å². The summed E-state index contributed by atoms with van der Waals surface area (Å²) in [6, 6.07) is 18.8. The van der Waals surface area contributed by atoms with Gasteiger partial charge >= 0.3 is 0 Å². The minimum atomic E-state index is -4.14. The molecule has 7 nitrogen and oxygen atoms in total. The maximum Gasteiger partial charge on any atom is 0.264 e. The molecule has 10 heteroatoms. The number of hydrogen-bond acceptors (Lipinski definition) is 4. The summed E-state index contributed by atoms with van der Waals surface area (Å²) in [5.74, 6) is -0.875. The summed E-state index contributed by atoms with van der Waals surface area (Å²) in [5, 5.41) is 3.72. The lowest BCUT2D eigenvalue weighted by Gasteiger charge is -2.32. The monoisotopic (exact) mass is 575 g/mol. The van der Waals surface area contributed by atoms with Crippen LogP contribution >= 0.6 is 23.2 Å². The highest BCUT2D eigenvalue weighted by Crippen LogP contribution is 2.28. The van der Waals surface area contributed by atoms with Crippen LogP contribution < -0.4 is 9.62 Å². The largest absolute Gasteiger partial charge is 0.354 e. The van der Waals surface area contributed by atoms with Crippen molar-refractivity contribution in [3.05, 3.63) is 94.0 Å². The standard InChI is InChI=1S/C28H31Cl2N3O4S/c1-4-16-31-28(35)21(3)32(18-22-11-13-23(29)14-12-22)27(34)19-33(24-15-10-20(2)26(30)17-24)38(36,37)25-8-6-5-7-9-25/h5-15,17,21H,4,16,18-19H2,1-3H3,(H,31,35). The number of amides is 2. The number of carbonyl (C=O) groups is 2. The van der Waals surface area contributed by atoms with Gasteiger partial charge in [-0.05, 0) is 67.8 Å². The number of nitrogens with one attached hydrogen (secondary N) is 1. The lowest BCUT2D eigenvalue weighted by atomic mass is 10.1. The molecule has 1 atom stereocenters. The first-order valence-corrected chi connectivity index (χ1v) is 14.4. The van der Waals surface area contributed by atoms with Gasteiger partial charge in [0.05, 0.1) is 10.6 Å². The van der Waals surface area contributed by atoms with Crippen LogP contribution in [0.1, 0.15) is 31.4 Å². The molecule has 3 rings (SSSR count). The fourth-order valence-corrected chi connectivity index (χ4v) is 5.48. The van der Waals surface area contributed by atoms with Crippen LogP contribution in [-0.2, 0) is 26.2 Å². The van der Waals surface area contributed by atoms with E-state index in [2.05, 4.69) is 5.32 Å². The molecule has 1 unspecified atom stereocenters. The minimum absolute atomic E-state index is 0.0301. The normalized spacial score (nSPS) is 12.0. The van der Waals surface area contributed by atoms with Crippen LogP contribution in [0, 0.1) is 6.92 Å². The Morgan fingerprint density at radius 3 is 2.24 bits per heavy atom. The highest BCUT2D eigenvalue weighted by molar-refractivity contribution is 7.92. The van der Waals surface area contributed by atoms with Gasteiger partial charge in [-0.15, -0.1) is 0 Å². The number of halogens is 2. The maximum absolute atomic E-state index is 13.8. The molecule has 2 amide bonds. The van der Waals surface area contributed by atoms with Gasteiger partial charge in [0, 0.05) is 23.1 Å². The van der Waals surface area contributed by atoms with Crippen molar-refractivity contribution in [2.24, 2.45) is 0 Å². The first-order chi connectivity index (χ1) is 18.0. The Hall–Kier alpha value is -3.07. The highest BCUT2D eigenvalue weighted by Gasteiger charge is 2.32. The summed E-state index contributed by atoms with van der Waals surface area (Å²) in [4.78, 5) is 28.1. The third-order valence-corrected chi connectivity index (χ3v) is 8.48. The average Bonchev–Trinajstić information content (AvgIpc) is 2.91. The Morgan fingerprint density at radius 1 is 0.974 bits per heavy atom. The Morgan fingerprint density at radius 2 is 1.63 bits per heavy atom. The molecule has 0 spiro atoms. The second-order valence-electron chi connectivity index (χ2n) is 8.87. The van der Waals surface area contributed by atoms with Gasteiger partial charge in [-0.3, -0.25) is 13.9 Å². The molecule has 202 valence electrons. The molecule has 0 aliphatic rings. The van der Waals surface area contributed by atoms with Crippen LogP contribution in [-0.4, -0.2) is 44.3 Å². The molecule has 0 heterocycles. The second kappa shape index (κ2) is 13.1. The lowest BCUT2D eigenvalue weighted by molar-refractivity contribution is -0.139. The summed E-state index contributed by atoms with van der Waals surface area (Å²) in [6.45, 7) is 5.37. The molecule has 0 saturated carbocycles. The van der Waals surface area contributed by atoms with Crippen molar-refractivity contribution in [3.63, 3.8) is 0 Å². The number of hydrogen-bond donors (Lipinski definition) is 1. The molecule has 0 fully saturated rings. The fourth-order valence-electron chi connectivity index (χ4n) is 3.75. The van der Waals surface area contributed by atoms with Crippen molar-refractivity contribution >= 4 is 50.7 Å². The smallest absolute Gasteiger partial charge is 0.264 e. The zero-order valence-corrected chi connectivity index (χ0v) is 23.9. The SMILES string of the molecule is CCCNC(=O)C(C)N(Cc1ccc(Cl)cc1)C(=O)CN(c1ccc(C)c(Cl)c1)S(=O)(=O)c1ccccc1. The number of sulfonamides is 1. The molecule has 3 aromatic rings. The van der Waals surface area contributed by atoms with Crippen LogP contribution in [0.25, 0.3) is 0 Å². The van der Waals surface area contributed by atoms with Gasteiger partial charge in [-0.25, -0.2) is 8.42 Å². The maximum atomic E-state index is 13.8. The Bertz CT molecular complexity index is 1370. The summed E-state index contributed by atoms with van der Waals surface area (Å²) < 4.78 is 28.5. The van der Waals surface area contributed by atoms with Gasteiger partial charge in [-0.1, -0.05) is 66.5 Å². The molecular formula is C28H31Cl2N3O4S. The van der Waals surface area contributed by atoms with Gasteiger partial charge in [0.15, 0.2) is 0 Å². The van der Waals surface area contributed by atoms with Crippen LogP contribution in [0.2, 0.25) is 10.0 Å². The van der Waals surface area contributed by atoms with Crippen molar-refractivity contribution in [1.29, 1.82) is 0 Å². The number of nitrogens with zero attached hydrogens (tertiary/aromatic N) is 2. The number of benzene rings is 3. The van der Waals surface area contributed by atoms with Crippen LogP contribution in [0.15, 0.2) is 77.7 Å². The average molecular weight is 577 g/mol. The Labute approximate surface area is 234 Å². The first kappa shape index (κ1) is 29.5. The van der Waals surface area contributed by atoms with Crippen molar-refractivity contribution in [2.75, 3.05) is 17.4 Å². The third kappa shape index (κ3) is 7.28. The topological polar surface area (TPSA) is 86.8 Å². The van der Waals surface area contributed by atoms with E-state index >= 15 is 0 Å². The Kier molecular flexibility index (Phi) is 10.2. The Balaban J connectivity index is 2.02. The van der Waals surface area contributed by atoms with Gasteiger partial charge in [-0.2, -0.15) is 0 Å². The van der Waals surface area contributed by atoms with Gasteiger partial charge < -0.3 is 10.2 Å². The van der Waals surface area contributed by atoms with Crippen LogP contribution in [0.5, 0.6) is 0 Å². The van der Waals surface area contributed by atoms with E-state index in [1.165, 1.54) is 23.1 Å². The van der Waals surface area contributed by atoms with E-state index in [1.54, 1.807) is 68.4 Å². The van der Waals surface area contributed by atoms with Crippen molar-refractivity contribution in [1.82, 2.24) is 10.2 Å². The summed E-state index contributed by atoms with van der Waals surface area (Å²) >= 11 is 12.4. The van der Waals surface area contributed by atoms with E-state index in [0.717, 1.165) is 21.9 Å². The molecule has 1 N–H and O–H groups in total. The van der Waals surface area contributed by atoms with Gasteiger partial charge in [0.2, 0.25) is 11.8 Å². The van der Waals surface area contributed by atoms with E-state index in [0.29, 0.717) is 16.6 Å². The molecule has 0 bridgehead atoms. The van der Waals surface area contributed by atoms with E-state index < -0.39 is 28.5 Å². The molecule has 0 aromatic heterocycles. The predicted octanol–water partition coefficient (Wildman–Crippen LogP) is 5.44. The van der Waals surface area contributed by atoms with Gasteiger partial charge in [0.25, 0.3) is 10.0 Å². The molecular weight excluding hydrogens is 545 g/mol. The fraction of sp³-hybridized carbons (Fsp3) is 0.286. The molecule has 0 saturated heterocycles. The van der Waals surface area contributed by atoms with E-state index in [-0.39, 0.29) is 23.0 Å². The third-order valence-electron chi connectivity index (χ3n) is 6.04. The number of rotatable bonds is 11. The zero-order chi connectivity index (χ0) is 27.9. The van der Waals surface area contributed by atoms with Crippen molar-refractivity contribution in [2.45, 2.75) is 44.7 Å². The van der Waals surface area contributed by atoms with Crippen molar-refractivity contribution in [3.8, 4) is 0 Å².